The SMILES string of the molecule is CC.CC.CC.CC.Cc1cc2ccc3cccc4ccc(c1C(C)(C)C)c2c34. The lowest BCUT2D eigenvalue weighted by atomic mass is 9.79. The van der Waals surface area contributed by atoms with Crippen molar-refractivity contribution in [2.45, 2.75) is 88.5 Å². The maximum atomic E-state index is 2.36. The fourth-order valence-electron chi connectivity index (χ4n) is 3.95. The van der Waals surface area contributed by atoms with Gasteiger partial charge in [0.05, 0.1) is 0 Å². The molecule has 0 saturated heterocycles. The minimum absolute atomic E-state index is 0.159. The van der Waals surface area contributed by atoms with Gasteiger partial charge in [-0.3, -0.25) is 0 Å². The Balaban J connectivity index is 0.000000881. The maximum Gasteiger partial charge on any atom is -0.00236 e. The average Bonchev–Trinajstić information content (AvgIpc) is 2.76. The highest BCUT2D eigenvalue weighted by Crippen LogP contribution is 2.40. The van der Waals surface area contributed by atoms with E-state index in [1.165, 1.54) is 43.4 Å². The Labute approximate surface area is 180 Å². The molecule has 0 unspecified atom stereocenters. The lowest BCUT2D eigenvalue weighted by Gasteiger charge is -2.25. The standard InChI is InChI=1S/C21H20.4C2H6/c1-13-12-16-9-8-14-6-5-7-15-10-11-17(19(16)18(14)15)20(13)21(2,3)4;4*1-2/h5-12H,1-4H3;4*1-2H3. The third-order valence-corrected chi connectivity index (χ3v) is 4.59. The highest BCUT2D eigenvalue weighted by atomic mass is 14.3. The predicted molar refractivity (Wildman–Crippen MR) is 139 cm³/mol. The summed E-state index contributed by atoms with van der Waals surface area (Å²) in [5, 5.41) is 8.31. The normalized spacial score (nSPS) is 10.1. The smallest absolute Gasteiger partial charge is 0.00236 e. The fourth-order valence-corrected chi connectivity index (χ4v) is 3.95. The Morgan fingerprint density at radius 2 is 1.00 bits per heavy atom. The van der Waals surface area contributed by atoms with Crippen molar-refractivity contribution in [3.63, 3.8) is 0 Å². The van der Waals surface area contributed by atoms with Crippen molar-refractivity contribution < 1.29 is 0 Å². The van der Waals surface area contributed by atoms with Crippen LogP contribution >= 0.6 is 0 Å². The predicted octanol–water partition coefficient (Wildman–Crippen LogP) is 10.3. The van der Waals surface area contributed by atoms with Crippen molar-refractivity contribution in [3.05, 3.63) is 59.7 Å². The first-order valence-corrected chi connectivity index (χ1v) is 11.6. The van der Waals surface area contributed by atoms with Gasteiger partial charge in [0.25, 0.3) is 0 Å². The summed E-state index contributed by atoms with van der Waals surface area (Å²) in [5.74, 6) is 0. The van der Waals surface area contributed by atoms with Gasteiger partial charge in [-0.15, -0.1) is 0 Å². The molecule has 0 N–H and O–H groups in total. The highest BCUT2D eigenvalue weighted by Gasteiger charge is 2.21. The van der Waals surface area contributed by atoms with E-state index in [1.54, 1.807) is 0 Å². The van der Waals surface area contributed by atoms with Crippen LogP contribution in [0.5, 0.6) is 0 Å². The Kier molecular flexibility index (Phi) is 11.6. The third kappa shape index (κ3) is 5.50. The van der Waals surface area contributed by atoms with Crippen molar-refractivity contribution >= 4 is 32.3 Å². The van der Waals surface area contributed by atoms with E-state index >= 15 is 0 Å². The number of hydrogen-bond donors (Lipinski definition) is 0. The summed E-state index contributed by atoms with van der Waals surface area (Å²) in [4.78, 5) is 0. The summed E-state index contributed by atoms with van der Waals surface area (Å²) in [6.45, 7) is 25.2. The van der Waals surface area contributed by atoms with E-state index in [1.807, 2.05) is 55.4 Å². The van der Waals surface area contributed by atoms with Gasteiger partial charge < -0.3 is 0 Å². The van der Waals surface area contributed by atoms with Crippen LogP contribution in [-0.2, 0) is 5.41 Å². The van der Waals surface area contributed by atoms with E-state index < -0.39 is 0 Å². The fraction of sp³-hybridized carbons (Fsp3) is 0.448. The van der Waals surface area contributed by atoms with Gasteiger partial charge in [0.15, 0.2) is 0 Å². The molecule has 0 radical (unpaired) electrons. The monoisotopic (exact) mass is 392 g/mol. The molecule has 160 valence electrons. The van der Waals surface area contributed by atoms with Crippen molar-refractivity contribution in [1.29, 1.82) is 0 Å². The Bertz CT molecular complexity index is 952. The highest BCUT2D eigenvalue weighted by molar-refractivity contribution is 6.23. The number of benzene rings is 4. The Morgan fingerprint density at radius 3 is 1.48 bits per heavy atom. The third-order valence-electron chi connectivity index (χ3n) is 4.59. The average molecular weight is 393 g/mol. The maximum absolute atomic E-state index is 2.36. The zero-order valence-electron chi connectivity index (χ0n) is 21.1. The van der Waals surface area contributed by atoms with Crippen LogP contribution in [0.15, 0.2) is 48.5 Å². The molecule has 0 bridgehead atoms. The van der Waals surface area contributed by atoms with Crippen molar-refractivity contribution in [1.82, 2.24) is 0 Å². The Hall–Kier alpha value is -2.08. The van der Waals surface area contributed by atoms with Crippen LogP contribution in [0.25, 0.3) is 32.3 Å². The molecular weight excluding hydrogens is 348 g/mol. The number of aryl methyl sites for hydroxylation is 1. The molecule has 29 heavy (non-hydrogen) atoms. The molecule has 4 aromatic carbocycles. The molecule has 4 aromatic rings. The molecule has 0 amide bonds. The van der Waals surface area contributed by atoms with Crippen LogP contribution < -0.4 is 0 Å². The van der Waals surface area contributed by atoms with Gasteiger partial charge in [-0.05, 0) is 55.8 Å². The van der Waals surface area contributed by atoms with E-state index in [0.29, 0.717) is 0 Å². The van der Waals surface area contributed by atoms with Gasteiger partial charge in [-0.1, -0.05) is 125 Å². The van der Waals surface area contributed by atoms with E-state index in [0.717, 1.165) is 0 Å². The first kappa shape index (κ1) is 26.9. The first-order chi connectivity index (χ1) is 14.0. The molecular formula is C29H44. The van der Waals surface area contributed by atoms with Crippen molar-refractivity contribution in [2.24, 2.45) is 0 Å². The molecule has 4 rings (SSSR count). The summed E-state index contributed by atoms with van der Waals surface area (Å²) in [7, 11) is 0. The van der Waals surface area contributed by atoms with Crippen LogP contribution in [0, 0.1) is 6.92 Å². The first-order valence-electron chi connectivity index (χ1n) is 11.6. The summed E-state index contributed by atoms with van der Waals surface area (Å²) in [6, 6.07) is 18.1. The zero-order chi connectivity index (χ0) is 22.8. The molecule has 0 saturated carbocycles. The van der Waals surface area contributed by atoms with Gasteiger partial charge >= 0.3 is 0 Å². The molecule has 0 aliphatic carbocycles. The quantitative estimate of drug-likeness (QED) is 0.261. The van der Waals surface area contributed by atoms with E-state index in [2.05, 4.69) is 76.2 Å². The van der Waals surface area contributed by atoms with Gasteiger partial charge in [-0.25, -0.2) is 0 Å². The molecule has 0 aliphatic heterocycles. The van der Waals surface area contributed by atoms with Crippen LogP contribution in [0.3, 0.4) is 0 Å². The topological polar surface area (TPSA) is 0 Å². The van der Waals surface area contributed by atoms with E-state index in [9.17, 15) is 0 Å². The Morgan fingerprint density at radius 1 is 0.552 bits per heavy atom. The molecule has 0 spiro atoms. The van der Waals surface area contributed by atoms with Gasteiger partial charge in [0.2, 0.25) is 0 Å². The summed E-state index contributed by atoms with van der Waals surface area (Å²) in [6.07, 6.45) is 0. The lowest BCUT2D eigenvalue weighted by Crippen LogP contribution is -2.14. The molecule has 0 nitrogen and oxygen atoms in total. The zero-order valence-corrected chi connectivity index (χ0v) is 21.1. The van der Waals surface area contributed by atoms with Gasteiger partial charge in [0.1, 0.15) is 0 Å². The molecule has 0 heterocycles. The second-order valence-corrected chi connectivity index (χ2v) is 7.17. The minimum Gasteiger partial charge on any atom is -0.0683 e. The van der Waals surface area contributed by atoms with Crippen LogP contribution in [0.4, 0.5) is 0 Å². The largest absolute Gasteiger partial charge is 0.0683 e. The van der Waals surface area contributed by atoms with Crippen LogP contribution in [0.2, 0.25) is 0 Å². The molecule has 0 atom stereocenters. The van der Waals surface area contributed by atoms with Gasteiger partial charge in [0, 0.05) is 0 Å². The molecule has 0 aliphatic rings. The molecule has 0 heteroatoms. The van der Waals surface area contributed by atoms with E-state index in [-0.39, 0.29) is 5.41 Å². The number of rotatable bonds is 0. The second kappa shape index (κ2) is 12.5. The molecule has 0 fully saturated rings. The summed E-state index contributed by atoms with van der Waals surface area (Å²) < 4.78 is 0. The number of hydrogen-bond acceptors (Lipinski definition) is 0. The van der Waals surface area contributed by atoms with Crippen LogP contribution in [-0.4, -0.2) is 0 Å². The van der Waals surface area contributed by atoms with Gasteiger partial charge in [-0.2, -0.15) is 0 Å². The van der Waals surface area contributed by atoms with E-state index in [4.69, 9.17) is 0 Å². The van der Waals surface area contributed by atoms with Crippen molar-refractivity contribution in [3.8, 4) is 0 Å². The van der Waals surface area contributed by atoms with Crippen molar-refractivity contribution in [2.75, 3.05) is 0 Å². The lowest BCUT2D eigenvalue weighted by molar-refractivity contribution is 0.592. The van der Waals surface area contributed by atoms with Crippen LogP contribution in [0.1, 0.15) is 87.3 Å². The molecule has 0 aromatic heterocycles. The summed E-state index contributed by atoms with van der Waals surface area (Å²) in [5.41, 5.74) is 3.04. The summed E-state index contributed by atoms with van der Waals surface area (Å²) >= 11 is 0. The second-order valence-electron chi connectivity index (χ2n) is 7.17. The minimum atomic E-state index is 0.159.